The van der Waals surface area contributed by atoms with E-state index in [9.17, 15) is 18.0 Å². The Bertz CT molecular complexity index is 1030. The zero-order valence-corrected chi connectivity index (χ0v) is 18.4. The van der Waals surface area contributed by atoms with Crippen LogP contribution in [0.2, 0.25) is 5.02 Å². The van der Waals surface area contributed by atoms with Crippen LogP contribution >= 0.6 is 11.6 Å². The number of halogens is 1. The fraction of sp³-hybridized carbons (Fsp3) is 0.364. The molecule has 1 aliphatic rings. The fourth-order valence-electron chi connectivity index (χ4n) is 3.55. The lowest BCUT2D eigenvalue weighted by Crippen LogP contribution is -2.43. The van der Waals surface area contributed by atoms with Gasteiger partial charge in [0.15, 0.2) is 5.78 Å². The smallest absolute Gasteiger partial charge is 0.243 e. The Morgan fingerprint density at radius 2 is 1.80 bits per heavy atom. The van der Waals surface area contributed by atoms with E-state index in [4.69, 9.17) is 11.6 Å². The molecule has 2 aromatic rings. The molecule has 30 heavy (non-hydrogen) atoms. The second-order valence-electron chi connectivity index (χ2n) is 7.43. The summed E-state index contributed by atoms with van der Waals surface area (Å²) in [5.74, 6) is -0.438. The van der Waals surface area contributed by atoms with E-state index < -0.39 is 10.0 Å². The highest BCUT2D eigenvalue weighted by Gasteiger charge is 2.32. The maximum Gasteiger partial charge on any atom is 0.243 e. The number of carbonyl (C=O) groups excluding carboxylic acids is 2. The molecule has 0 atom stereocenters. The first kappa shape index (κ1) is 22.5. The predicted octanol–water partition coefficient (Wildman–Crippen LogP) is 3.30. The number of ketones is 1. The molecule has 0 bridgehead atoms. The zero-order chi connectivity index (χ0) is 21.7. The van der Waals surface area contributed by atoms with E-state index in [1.54, 1.807) is 12.1 Å². The molecular formula is C22H25ClN2O4S. The minimum atomic E-state index is -3.69. The van der Waals surface area contributed by atoms with Crippen LogP contribution in [0.4, 0.5) is 0 Å². The minimum Gasteiger partial charge on any atom is -0.356 e. The number of nitrogens with zero attached hydrogens (tertiary/aromatic N) is 1. The van der Waals surface area contributed by atoms with Gasteiger partial charge in [-0.1, -0.05) is 35.9 Å². The molecule has 1 heterocycles. The Hall–Kier alpha value is -2.22. The molecule has 1 aliphatic heterocycles. The predicted molar refractivity (Wildman–Crippen MR) is 116 cm³/mol. The highest BCUT2D eigenvalue weighted by atomic mass is 35.5. The summed E-state index contributed by atoms with van der Waals surface area (Å²) >= 11 is 5.97. The van der Waals surface area contributed by atoms with Gasteiger partial charge in [0.25, 0.3) is 0 Å². The molecule has 0 aliphatic carbocycles. The van der Waals surface area contributed by atoms with Crippen LogP contribution in [0.5, 0.6) is 0 Å². The van der Waals surface area contributed by atoms with Crippen molar-refractivity contribution in [2.75, 3.05) is 19.6 Å². The van der Waals surface area contributed by atoms with Gasteiger partial charge >= 0.3 is 0 Å². The van der Waals surface area contributed by atoms with Gasteiger partial charge in [0, 0.05) is 36.1 Å². The van der Waals surface area contributed by atoms with Crippen molar-refractivity contribution in [2.45, 2.75) is 31.1 Å². The van der Waals surface area contributed by atoms with Crippen LogP contribution in [-0.4, -0.2) is 44.0 Å². The van der Waals surface area contributed by atoms with Crippen LogP contribution in [-0.2, 0) is 21.2 Å². The molecule has 0 saturated carbocycles. The number of nitrogens with one attached hydrogen (secondary N) is 1. The van der Waals surface area contributed by atoms with E-state index in [1.165, 1.54) is 23.4 Å². The monoisotopic (exact) mass is 448 g/mol. The van der Waals surface area contributed by atoms with E-state index in [0.29, 0.717) is 36.4 Å². The van der Waals surface area contributed by atoms with Crippen molar-refractivity contribution < 1.29 is 18.0 Å². The molecule has 2 aromatic carbocycles. The first-order valence-electron chi connectivity index (χ1n) is 9.90. The number of benzene rings is 2. The van der Waals surface area contributed by atoms with Gasteiger partial charge in [0.2, 0.25) is 15.9 Å². The fourth-order valence-corrected chi connectivity index (χ4v) is 5.28. The molecule has 6 nitrogen and oxygen atoms in total. The molecule has 160 valence electrons. The number of amides is 1. The van der Waals surface area contributed by atoms with Crippen molar-refractivity contribution in [3.8, 4) is 0 Å². The van der Waals surface area contributed by atoms with Crippen molar-refractivity contribution >= 4 is 33.3 Å². The molecule has 0 aromatic heterocycles. The van der Waals surface area contributed by atoms with E-state index in [0.717, 1.165) is 5.56 Å². The molecule has 0 radical (unpaired) electrons. The van der Waals surface area contributed by atoms with Crippen molar-refractivity contribution in [1.29, 1.82) is 0 Å². The third-order valence-electron chi connectivity index (χ3n) is 5.30. The second-order valence-corrected chi connectivity index (χ2v) is 9.81. The third kappa shape index (κ3) is 5.47. The topological polar surface area (TPSA) is 83.6 Å². The van der Waals surface area contributed by atoms with E-state index in [-0.39, 0.29) is 35.6 Å². The lowest BCUT2D eigenvalue weighted by molar-refractivity contribution is -0.126. The molecule has 0 unspecified atom stereocenters. The molecule has 1 saturated heterocycles. The van der Waals surface area contributed by atoms with Crippen molar-refractivity contribution in [3.05, 3.63) is 64.7 Å². The second kappa shape index (κ2) is 9.73. The number of piperidine rings is 1. The number of hydrogen-bond donors (Lipinski definition) is 1. The van der Waals surface area contributed by atoms with Crippen molar-refractivity contribution in [1.82, 2.24) is 9.62 Å². The molecular weight excluding hydrogens is 424 g/mol. The summed E-state index contributed by atoms with van der Waals surface area (Å²) in [6.07, 6.45) is 1.62. The Kier molecular flexibility index (Phi) is 7.28. The highest BCUT2D eigenvalue weighted by molar-refractivity contribution is 7.89. The normalized spacial score (nSPS) is 15.7. The van der Waals surface area contributed by atoms with Crippen LogP contribution in [0.25, 0.3) is 0 Å². The summed E-state index contributed by atoms with van der Waals surface area (Å²) in [7, 11) is -3.69. The van der Waals surface area contributed by atoms with Gasteiger partial charge in [-0.25, -0.2) is 8.42 Å². The van der Waals surface area contributed by atoms with Crippen LogP contribution in [0.3, 0.4) is 0 Å². The first-order valence-corrected chi connectivity index (χ1v) is 11.7. The lowest BCUT2D eigenvalue weighted by atomic mass is 9.97. The Morgan fingerprint density at radius 3 is 2.47 bits per heavy atom. The van der Waals surface area contributed by atoms with Crippen LogP contribution in [0.15, 0.2) is 53.4 Å². The summed E-state index contributed by atoms with van der Waals surface area (Å²) in [4.78, 5) is 24.1. The summed E-state index contributed by atoms with van der Waals surface area (Å²) in [6.45, 7) is 2.47. The summed E-state index contributed by atoms with van der Waals surface area (Å²) in [5, 5.41) is 3.61. The van der Waals surface area contributed by atoms with E-state index in [2.05, 4.69) is 5.32 Å². The van der Waals surface area contributed by atoms with Crippen LogP contribution in [0, 0.1) is 5.92 Å². The number of hydrogen-bond acceptors (Lipinski definition) is 4. The lowest BCUT2D eigenvalue weighted by Gasteiger charge is -2.30. The molecule has 8 heteroatoms. The van der Waals surface area contributed by atoms with E-state index >= 15 is 0 Å². The average Bonchev–Trinajstić information content (AvgIpc) is 2.74. The van der Waals surface area contributed by atoms with Gasteiger partial charge in [-0.3, -0.25) is 9.59 Å². The average molecular weight is 449 g/mol. The molecule has 3 rings (SSSR count). The summed E-state index contributed by atoms with van der Waals surface area (Å²) in [6, 6.07) is 13.6. The molecule has 1 N–H and O–H groups in total. The molecule has 1 amide bonds. The zero-order valence-electron chi connectivity index (χ0n) is 16.8. The SMILES string of the molecule is CC(=O)c1cccc(S(=O)(=O)N2CCC(C(=O)NCCc3cccc(Cl)c3)CC2)c1. The maximum absolute atomic E-state index is 12.9. The van der Waals surface area contributed by atoms with E-state index in [1.807, 2.05) is 24.3 Å². The summed E-state index contributed by atoms with van der Waals surface area (Å²) < 4.78 is 27.2. The van der Waals surface area contributed by atoms with Gasteiger partial charge in [0.1, 0.15) is 0 Å². The standard InChI is InChI=1S/C22H25ClN2O4S/c1-16(26)19-5-3-7-21(15-19)30(28,29)25-12-9-18(10-13-25)22(27)24-11-8-17-4-2-6-20(23)14-17/h2-7,14-15,18H,8-13H2,1H3,(H,24,27). The largest absolute Gasteiger partial charge is 0.356 e. The number of rotatable bonds is 7. The van der Waals surface area contributed by atoms with Crippen LogP contribution < -0.4 is 5.32 Å². The van der Waals surface area contributed by atoms with Gasteiger partial charge in [-0.05, 0) is 56.0 Å². The highest BCUT2D eigenvalue weighted by Crippen LogP contribution is 2.24. The third-order valence-corrected chi connectivity index (χ3v) is 7.43. The molecule has 0 spiro atoms. The minimum absolute atomic E-state index is 0.0485. The Labute approximate surface area is 182 Å². The molecule has 1 fully saturated rings. The van der Waals surface area contributed by atoms with Crippen molar-refractivity contribution in [3.63, 3.8) is 0 Å². The Balaban J connectivity index is 1.53. The van der Waals surface area contributed by atoms with Gasteiger partial charge in [-0.15, -0.1) is 0 Å². The van der Waals surface area contributed by atoms with Gasteiger partial charge in [-0.2, -0.15) is 4.31 Å². The first-order chi connectivity index (χ1) is 14.3. The maximum atomic E-state index is 12.9. The summed E-state index contributed by atoms with van der Waals surface area (Å²) in [5.41, 5.74) is 1.42. The number of Topliss-reactive ketones (excluding diaryl/α,β-unsaturated/α-hetero) is 1. The number of sulfonamides is 1. The quantitative estimate of drug-likeness (QED) is 0.658. The number of carbonyl (C=O) groups is 2. The Morgan fingerprint density at radius 1 is 1.10 bits per heavy atom. The van der Waals surface area contributed by atoms with Crippen LogP contribution in [0.1, 0.15) is 35.7 Å². The van der Waals surface area contributed by atoms with Gasteiger partial charge < -0.3 is 5.32 Å². The van der Waals surface area contributed by atoms with Gasteiger partial charge in [0.05, 0.1) is 4.90 Å². The van der Waals surface area contributed by atoms with Crippen molar-refractivity contribution in [2.24, 2.45) is 5.92 Å².